The van der Waals surface area contributed by atoms with Crippen molar-refractivity contribution in [3.8, 4) is 0 Å². The molecule has 0 saturated carbocycles. The minimum Gasteiger partial charge on any atom is -0.332 e. The van der Waals surface area contributed by atoms with Gasteiger partial charge in [0.1, 0.15) is 5.25 Å². The van der Waals surface area contributed by atoms with Gasteiger partial charge in [0, 0.05) is 27.5 Å². The van der Waals surface area contributed by atoms with E-state index >= 15 is 0 Å². The number of amides is 1. The van der Waals surface area contributed by atoms with Crippen LogP contribution in [-0.2, 0) is 4.79 Å². The molecule has 1 atom stereocenters. The number of hydrogen-bond acceptors (Lipinski definition) is 4. The van der Waals surface area contributed by atoms with Crippen LogP contribution in [0.5, 0.6) is 0 Å². The van der Waals surface area contributed by atoms with Crippen LogP contribution < -0.4 is 16.0 Å². The third kappa shape index (κ3) is 7.52. The molecule has 0 aromatic heterocycles. The molecule has 4 rings (SSSR count). The largest absolute Gasteiger partial charge is 0.332 e. The maximum atomic E-state index is 13.4. The minimum absolute atomic E-state index is 0.0166. The summed E-state index contributed by atoms with van der Waals surface area (Å²) in [6.07, 6.45) is 0. The molecule has 0 spiro atoms. The zero-order chi connectivity index (χ0) is 26.2. The highest BCUT2D eigenvalue weighted by atomic mass is 32.2. The van der Waals surface area contributed by atoms with E-state index in [1.165, 1.54) is 18.7 Å². The van der Waals surface area contributed by atoms with E-state index in [4.69, 9.17) is 12.2 Å². The fourth-order valence-electron chi connectivity index (χ4n) is 3.70. The quantitative estimate of drug-likeness (QED) is 0.126. The molecular formula is C30H27N3O2S2. The van der Waals surface area contributed by atoms with E-state index in [0.717, 1.165) is 33.1 Å². The first-order valence-corrected chi connectivity index (χ1v) is 13.0. The van der Waals surface area contributed by atoms with Crippen molar-refractivity contribution in [2.75, 3.05) is 16.0 Å². The van der Waals surface area contributed by atoms with Gasteiger partial charge in [-0.1, -0.05) is 48.5 Å². The number of nitrogens with one attached hydrogen (secondary N) is 3. The number of rotatable bonds is 8. The molecule has 4 aromatic carbocycles. The van der Waals surface area contributed by atoms with Crippen LogP contribution in [0.3, 0.4) is 0 Å². The van der Waals surface area contributed by atoms with Gasteiger partial charge in [0.25, 0.3) is 0 Å². The van der Waals surface area contributed by atoms with E-state index < -0.39 is 5.25 Å². The van der Waals surface area contributed by atoms with E-state index in [0.29, 0.717) is 10.7 Å². The van der Waals surface area contributed by atoms with Crippen molar-refractivity contribution in [1.82, 2.24) is 0 Å². The molecule has 1 amide bonds. The second kappa shape index (κ2) is 12.3. The number of aryl methyl sites for hydroxylation is 1. The van der Waals surface area contributed by atoms with Gasteiger partial charge in [-0.3, -0.25) is 9.59 Å². The number of thioether (sulfide) groups is 1. The third-order valence-electron chi connectivity index (χ3n) is 5.52. The zero-order valence-corrected chi connectivity index (χ0v) is 22.2. The van der Waals surface area contributed by atoms with E-state index in [1.54, 1.807) is 12.1 Å². The van der Waals surface area contributed by atoms with Crippen LogP contribution in [0.25, 0.3) is 0 Å². The Balaban J connectivity index is 1.47. The van der Waals surface area contributed by atoms with Crippen molar-refractivity contribution in [3.63, 3.8) is 0 Å². The monoisotopic (exact) mass is 525 g/mol. The molecule has 7 heteroatoms. The first kappa shape index (κ1) is 26.1. The first-order valence-electron chi connectivity index (χ1n) is 11.8. The number of carbonyl (C=O) groups is 2. The summed E-state index contributed by atoms with van der Waals surface area (Å²) in [5.41, 5.74) is 5.00. The molecule has 37 heavy (non-hydrogen) atoms. The molecule has 1 unspecified atom stereocenters. The van der Waals surface area contributed by atoms with Gasteiger partial charge in [0.2, 0.25) is 5.91 Å². The molecule has 0 heterocycles. The lowest BCUT2D eigenvalue weighted by Gasteiger charge is -2.18. The fourth-order valence-corrected chi connectivity index (χ4v) is 5.02. The molecule has 0 radical (unpaired) electrons. The minimum atomic E-state index is -0.443. The van der Waals surface area contributed by atoms with Crippen molar-refractivity contribution in [2.24, 2.45) is 0 Å². The Morgan fingerprint density at radius 3 is 2.05 bits per heavy atom. The smallest absolute Gasteiger partial charge is 0.242 e. The van der Waals surface area contributed by atoms with Crippen LogP contribution >= 0.6 is 24.0 Å². The van der Waals surface area contributed by atoms with Crippen molar-refractivity contribution in [2.45, 2.75) is 24.0 Å². The van der Waals surface area contributed by atoms with Gasteiger partial charge >= 0.3 is 0 Å². The Bertz CT molecular complexity index is 1410. The second-order valence-electron chi connectivity index (χ2n) is 8.51. The van der Waals surface area contributed by atoms with E-state index in [2.05, 4.69) is 16.0 Å². The summed E-state index contributed by atoms with van der Waals surface area (Å²) in [6.45, 7) is 3.53. The summed E-state index contributed by atoms with van der Waals surface area (Å²) < 4.78 is 0. The molecule has 0 bridgehead atoms. The molecule has 0 fully saturated rings. The summed E-state index contributed by atoms with van der Waals surface area (Å²) in [5.74, 6) is -0.0747. The Hall–Kier alpha value is -3.94. The maximum Gasteiger partial charge on any atom is 0.242 e. The Morgan fingerprint density at radius 2 is 1.38 bits per heavy atom. The van der Waals surface area contributed by atoms with E-state index in [-0.39, 0.29) is 11.7 Å². The SMILES string of the molecule is CC(=O)c1ccc(NC(=S)Nc2cccc(SC(C(=O)Nc3cccc(C)c3)c3ccccc3)c2)cc1. The molecular weight excluding hydrogens is 498 g/mol. The third-order valence-corrected chi connectivity index (χ3v) is 6.97. The van der Waals surface area contributed by atoms with Crippen LogP contribution in [0.4, 0.5) is 17.1 Å². The average Bonchev–Trinajstić information content (AvgIpc) is 2.88. The summed E-state index contributed by atoms with van der Waals surface area (Å²) in [5, 5.41) is 9.37. The predicted octanol–water partition coefficient (Wildman–Crippen LogP) is 7.48. The molecule has 186 valence electrons. The number of thiocarbonyl (C=S) groups is 1. The highest BCUT2D eigenvalue weighted by Crippen LogP contribution is 2.37. The lowest BCUT2D eigenvalue weighted by atomic mass is 10.1. The van der Waals surface area contributed by atoms with Crippen LogP contribution in [0.2, 0.25) is 0 Å². The average molecular weight is 526 g/mol. The lowest BCUT2D eigenvalue weighted by molar-refractivity contribution is -0.115. The number of benzene rings is 4. The van der Waals surface area contributed by atoms with Gasteiger partial charge < -0.3 is 16.0 Å². The Kier molecular flexibility index (Phi) is 8.72. The van der Waals surface area contributed by atoms with Gasteiger partial charge in [-0.15, -0.1) is 11.8 Å². The number of hydrogen-bond donors (Lipinski definition) is 3. The topological polar surface area (TPSA) is 70.2 Å². The zero-order valence-electron chi connectivity index (χ0n) is 20.5. The van der Waals surface area contributed by atoms with Crippen LogP contribution in [-0.4, -0.2) is 16.8 Å². The summed E-state index contributed by atoms with van der Waals surface area (Å²) in [4.78, 5) is 25.8. The maximum absolute atomic E-state index is 13.4. The van der Waals surface area contributed by atoms with Gasteiger partial charge in [-0.25, -0.2) is 0 Å². The van der Waals surface area contributed by atoms with Crippen molar-refractivity contribution >= 4 is 57.8 Å². The Labute approximate surface area is 226 Å². The first-order chi connectivity index (χ1) is 17.9. The normalized spacial score (nSPS) is 11.3. The molecule has 4 aromatic rings. The summed E-state index contributed by atoms with van der Waals surface area (Å²) in [7, 11) is 0. The Morgan fingerprint density at radius 1 is 0.730 bits per heavy atom. The molecule has 0 saturated heterocycles. The van der Waals surface area contributed by atoms with Crippen molar-refractivity contribution in [1.29, 1.82) is 0 Å². The number of ketones is 1. The van der Waals surface area contributed by atoms with E-state index in [9.17, 15) is 9.59 Å². The van der Waals surface area contributed by atoms with Gasteiger partial charge in [0.15, 0.2) is 10.9 Å². The second-order valence-corrected chi connectivity index (χ2v) is 10.1. The van der Waals surface area contributed by atoms with Crippen LogP contribution in [0.15, 0.2) is 108 Å². The lowest BCUT2D eigenvalue weighted by Crippen LogP contribution is -2.19. The highest BCUT2D eigenvalue weighted by Gasteiger charge is 2.22. The number of carbonyl (C=O) groups excluding carboxylic acids is 2. The van der Waals surface area contributed by atoms with Crippen LogP contribution in [0.1, 0.15) is 33.7 Å². The fraction of sp³-hybridized carbons (Fsp3) is 0.100. The molecule has 3 N–H and O–H groups in total. The molecule has 5 nitrogen and oxygen atoms in total. The molecule has 0 aliphatic rings. The van der Waals surface area contributed by atoms with Gasteiger partial charge in [-0.2, -0.15) is 0 Å². The highest BCUT2D eigenvalue weighted by molar-refractivity contribution is 8.00. The van der Waals surface area contributed by atoms with Crippen molar-refractivity contribution in [3.05, 3.63) is 120 Å². The molecule has 0 aliphatic carbocycles. The summed E-state index contributed by atoms with van der Waals surface area (Å²) in [6, 6.07) is 32.5. The summed E-state index contributed by atoms with van der Waals surface area (Å²) >= 11 is 6.95. The van der Waals surface area contributed by atoms with Crippen LogP contribution in [0, 0.1) is 6.92 Å². The van der Waals surface area contributed by atoms with Gasteiger partial charge in [0.05, 0.1) is 0 Å². The van der Waals surface area contributed by atoms with E-state index in [1.807, 2.05) is 97.9 Å². The standard InChI is InChI=1S/C30H27N3O2S2/c1-20-8-6-11-25(18-20)31-29(35)28(23-9-4-3-5-10-23)37-27-13-7-12-26(19-27)33-30(36)32-24-16-14-22(15-17-24)21(2)34/h3-19,28H,1-2H3,(H,31,35)(H2,32,33,36). The van der Waals surface area contributed by atoms with Crippen molar-refractivity contribution < 1.29 is 9.59 Å². The molecule has 0 aliphatic heterocycles. The predicted molar refractivity (Wildman–Crippen MR) is 158 cm³/mol. The number of anilines is 3. The number of Topliss-reactive ketones (excluding diaryl/α,β-unsaturated/α-hetero) is 1. The van der Waals surface area contributed by atoms with Gasteiger partial charge in [-0.05, 0) is 91.8 Å².